The minimum Gasteiger partial charge on any atom is -0.489 e. The first-order valence-electron chi connectivity index (χ1n) is 9.35. The maximum atomic E-state index is 12.2. The van der Waals surface area contributed by atoms with E-state index >= 15 is 0 Å². The van der Waals surface area contributed by atoms with Crippen molar-refractivity contribution >= 4 is 5.71 Å². The molecule has 0 bridgehead atoms. The topological polar surface area (TPSA) is 73.5 Å². The van der Waals surface area contributed by atoms with Crippen LogP contribution in [-0.4, -0.2) is 27.4 Å². The van der Waals surface area contributed by atoms with Crippen LogP contribution in [-0.2, 0) is 18.5 Å². The van der Waals surface area contributed by atoms with Gasteiger partial charge in [-0.2, -0.15) is 4.68 Å². The van der Waals surface area contributed by atoms with Crippen molar-refractivity contribution < 1.29 is 9.57 Å². The molecule has 1 N–H and O–H groups in total. The van der Waals surface area contributed by atoms with Crippen LogP contribution in [0, 0.1) is 0 Å². The Morgan fingerprint density at radius 1 is 1.25 bits per heavy atom. The molecule has 0 saturated heterocycles. The van der Waals surface area contributed by atoms with Crippen LogP contribution in [0.5, 0.6) is 5.75 Å². The predicted molar refractivity (Wildman–Crippen MR) is 107 cm³/mol. The summed E-state index contributed by atoms with van der Waals surface area (Å²) in [6, 6.07) is 13.9. The number of hydrogen-bond donors (Lipinski definition) is 1. The number of aromatic amines is 1. The summed E-state index contributed by atoms with van der Waals surface area (Å²) in [6.45, 7) is 2.28. The van der Waals surface area contributed by atoms with Gasteiger partial charge in [0.25, 0.3) is 0 Å². The second-order valence-corrected chi connectivity index (χ2v) is 7.07. The first kappa shape index (κ1) is 18.2. The third kappa shape index (κ3) is 3.47. The van der Waals surface area contributed by atoms with Crippen LogP contribution in [0.1, 0.15) is 42.4 Å². The highest BCUT2D eigenvalue weighted by atomic mass is 16.6. The first-order chi connectivity index (χ1) is 13.6. The molecule has 1 saturated carbocycles. The van der Waals surface area contributed by atoms with E-state index in [1.54, 1.807) is 11.7 Å². The second kappa shape index (κ2) is 7.42. The summed E-state index contributed by atoms with van der Waals surface area (Å²) in [5.41, 5.74) is 4.80. The van der Waals surface area contributed by atoms with Gasteiger partial charge < -0.3 is 9.57 Å². The summed E-state index contributed by atoms with van der Waals surface area (Å²) >= 11 is 0. The minimum atomic E-state index is -0.0809. The van der Waals surface area contributed by atoms with Crippen molar-refractivity contribution in [3.05, 3.63) is 69.6 Å². The van der Waals surface area contributed by atoms with Crippen LogP contribution in [0.2, 0.25) is 0 Å². The van der Waals surface area contributed by atoms with Crippen molar-refractivity contribution in [3.63, 3.8) is 0 Å². The number of benzene rings is 2. The minimum absolute atomic E-state index is 0.0809. The Morgan fingerprint density at radius 3 is 2.71 bits per heavy atom. The quantitative estimate of drug-likeness (QED) is 0.505. The normalized spacial score (nSPS) is 14.3. The maximum Gasteiger partial charge on any atom is 0.364 e. The van der Waals surface area contributed by atoms with E-state index in [9.17, 15) is 4.79 Å². The SMILES string of the molecule is CO/N=C(\C)c1cccc(OCc2c(C3CC3)cccc2-n2[nH]n(C)c2=O)c1. The number of hydrogen-bond acceptors (Lipinski definition) is 4. The highest BCUT2D eigenvalue weighted by molar-refractivity contribution is 5.98. The third-order valence-corrected chi connectivity index (χ3v) is 5.04. The standard InChI is InChI=1S/C21H24N4O3/c1-14(22-27-3)16-6-4-7-17(12-16)28-13-19-18(15-10-11-15)8-5-9-20(19)25-21(26)24(2)23-25/h4-9,12,15,23H,10-11,13H2,1-3H3/b22-14+. The summed E-state index contributed by atoms with van der Waals surface area (Å²) < 4.78 is 9.15. The molecule has 0 atom stereocenters. The van der Waals surface area contributed by atoms with Crippen LogP contribution < -0.4 is 10.4 Å². The lowest BCUT2D eigenvalue weighted by atomic mass is 10.0. The second-order valence-electron chi connectivity index (χ2n) is 7.07. The Bertz CT molecular complexity index is 1070. The summed E-state index contributed by atoms with van der Waals surface area (Å²) in [7, 11) is 3.23. The van der Waals surface area contributed by atoms with E-state index in [2.05, 4.69) is 16.4 Å². The Labute approximate surface area is 163 Å². The van der Waals surface area contributed by atoms with E-state index in [4.69, 9.17) is 9.57 Å². The lowest BCUT2D eigenvalue weighted by Gasteiger charge is -2.20. The van der Waals surface area contributed by atoms with Crippen LogP contribution in [0.15, 0.2) is 52.4 Å². The lowest BCUT2D eigenvalue weighted by molar-refractivity contribution is 0.213. The predicted octanol–water partition coefficient (Wildman–Crippen LogP) is 3.33. The van der Waals surface area contributed by atoms with Crippen molar-refractivity contribution in [1.29, 1.82) is 0 Å². The molecule has 1 aromatic heterocycles. The van der Waals surface area contributed by atoms with E-state index in [1.165, 1.54) is 30.2 Å². The molecule has 0 radical (unpaired) electrons. The molecule has 0 amide bonds. The third-order valence-electron chi connectivity index (χ3n) is 5.04. The van der Waals surface area contributed by atoms with Gasteiger partial charge in [-0.05, 0) is 49.4 Å². The van der Waals surface area contributed by atoms with Crippen molar-refractivity contribution in [1.82, 2.24) is 14.6 Å². The summed E-state index contributed by atoms with van der Waals surface area (Å²) in [5, 5.41) is 6.98. The average Bonchev–Trinajstić information content (AvgIpc) is 3.55. The van der Waals surface area contributed by atoms with Crippen molar-refractivity contribution in [2.75, 3.05) is 7.11 Å². The summed E-state index contributed by atoms with van der Waals surface area (Å²) in [5.74, 6) is 1.30. The van der Waals surface area contributed by atoms with Crippen LogP contribution in [0.25, 0.3) is 5.69 Å². The van der Waals surface area contributed by atoms with E-state index in [1.807, 2.05) is 43.3 Å². The zero-order valence-corrected chi connectivity index (χ0v) is 16.3. The molecule has 0 spiro atoms. The molecule has 1 aliphatic carbocycles. The van der Waals surface area contributed by atoms with Crippen LogP contribution in [0.3, 0.4) is 0 Å². The van der Waals surface area contributed by atoms with Crippen LogP contribution >= 0.6 is 0 Å². The van der Waals surface area contributed by atoms with Gasteiger partial charge in [-0.15, -0.1) is 0 Å². The first-order valence-corrected chi connectivity index (χ1v) is 9.35. The van der Waals surface area contributed by atoms with Gasteiger partial charge in [-0.3, -0.25) is 0 Å². The largest absolute Gasteiger partial charge is 0.489 e. The van der Waals surface area contributed by atoms with E-state index in [0.717, 1.165) is 28.3 Å². The van der Waals surface area contributed by atoms with Gasteiger partial charge >= 0.3 is 5.69 Å². The molecule has 1 fully saturated rings. The number of aryl methyl sites for hydroxylation is 1. The Morgan fingerprint density at radius 2 is 2.04 bits per heavy atom. The summed E-state index contributed by atoms with van der Waals surface area (Å²) in [4.78, 5) is 17.0. The number of aromatic nitrogens is 3. The van der Waals surface area contributed by atoms with Gasteiger partial charge in [0.2, 0.25) is 0 Å². The maximum absolute atomic E-state index is 12.2. The highest BCUT2D eigenvalue weighted by Crippen LogP contribution is 2.43. The van der Waals surface area contributed by atoms with Crippen LogP contribution in [0.4, 0.5) is 0 Å². The van der Waals surface area contributed by atoms with Crippen molar-refractivity contribution in [2.45, 2.75) is 32.3 Å². The molecule has 2 aromatic carbocycles. The molecule has 1 aliphatic rings. The van der Waals surface area contributed by atoms with Gasteiger partial charge in [0.15, 0.2) is 0 Å². The van der Waals surface area contributed by atoms with E-state index in [0.29, 0.717) is 12.5 Å². The fourth-order valence-corrected chi connectivity index (χ4v) is 3.39. The fourth-order valence-electron chi connectivity index (χ4n) is 3.39. The van der Waals surface area contributed by atoms with Gasteiger partial charge in [0, 0.05) is 18.2 Å². The Balaban J connectivity index is 1.63. The van der Waals surface area contributed by atoms with E-state index in [-0.39, 0.29) is 5.69 Å². The highest BCUT2D eigenvalue weighted by Gasteiger charge is 2.28. The van der Waals surface area contributed by atoms with Gasteiger partial charge in [0.05, 0.1) is 11.4 Å². The molecule has 0 unspecified atom stereocenters. The fraction of sp³-hybridized carbons (Fsp3) is 0.333. The molecule has 0 aliphatic heterocycles. The number of oxime groups is 1. The lowest BCUT2D eigenvalue weighted by Crippen LogP contribution is -2.40. The monoisotopic (exact) mass is 380 g/mol. The smallest absolute Gasteiger partial charge is 0.364 e. The van der Waals surface area contributed by atoms with E-state index < -0.39 is 0 Å². The zero-order valence-electron chi connectivity index (χ0n) is 16.3. The molecular weight excluding hydrogens is 356 g/mol. The van der Waals surface area contributed by atoms with Gasteiger partial charge in [0.1, 0.15) is 19.5 Å². The average molecular weight is 380 g/mol. The molecule has 1 heterocycles. The van der Waals surface area contributed by atoms with Crippen molar-refractivity contribution in [2.24, 2.45) is 12.2 Å². The number of H-pyrrole nitrogens is 1. The molecule has 7 nitrogen and oxygen atoms in total. The molecule has 4 rings (SSSR count). The molecule has 146 valence electrons. The molecule has 28 heavy (non-hydrogen) atoms. The van der Waals surface area contributed by atoms with Gasteiger partial charge in [-0.1, -0.05) is 29.4 Å². The molecule has 7 heteroatoms. The Hall–Kier alpha value is -3.22. The van der Waals surface area contributed by atoms with Crippen molar-refractivity contribution in [3.8, 4) is 11.4 Å². The number of ether oxygens (including phenoxy) is 1. The zero-order chi connectivity index (χ0) is 19.7. The number of rotatable bonds is 7. The van der Waals surface area contributed by atoms with Gasteiger partial charge in [-0.25, -0.2) is 14.7 Å². The number of nitrogens with zero attached hydrogens (tertiary/aromatic N) is 3. The number of nitrogens with one attached hydrogen (secondary N) is 1. The Kier molecular flexibility index (Phi) is 4.81. The molecule has 3 aromatic rings. The molecular formula is C21H24N4O3. The summed E-state index contributed by atoms with van der Waals surface area (Å²) in [6.07, 6.45) is 2.36.